The predicted octanol–water partition coefficient (Wildman–Crippen LogP) is 2.65. The molecule has 1 amide bonds. The first kappa shape index (κ1) is 18.4. The Morgan fingerprint density at radius 2 is 2.11 bits per heavy atom. The number of anilines is 1. The number of aryl methyl sites for hydroxylation is 1. The summed E-state index contributed by atoms with van der Waals surface area (Å²) < 4.78 is 6.73. The molecule has 0 saturated carbocycles. The van der Waals surface area contributed by atoms with Crippen LogP contribution in [0.5, 0.6) is 0 Å². The largest absolute Gasteiger partial charge is 0.466 e. The minimum absolute atomic E-state index is 0.157. The molecule has 27 heavy (non-hydrogen) atoms. The van der Waals surface area contributed by atoms with E-state index in [9.17, 15) is 9.59 Å². The van der Waals surface area contributed by atoms with Gasteiger partial charge in [0, 0.05) is 24.0 Å². The Kier molecular flexibility index (Phi) is 5.65. The van der Waals surface area contributed by atoms with Crippen LogP contribution in [0.2, 0.25) is 0 Å². The van der Waals surface area contributed by atoms with Crippen LogP contribution in [0.4, 0.5) is 5.69 Å². The highest BCUT2D eigenvalue weighted by molar-refractivity contribution is 6.08. The highest BCUT2D eigenvalue weighted by Crippen LogP contribution is 2.22. The van der Waals surface area contributed by atoms with Crippen molar-refractivity contribution in [2.24, 2.45) is 0 Å². The molecule has 8 heteroatoms. The van der Waals surface area contributed by atoms with Crippen molar-refractivity contribution >= 4 is 17.6 Å². The first-order valence-corrected chi connectivity index (χ1v) is 8.72. The number of esters is 1. The van der Waals surface area contributed by atoms with Crippen molar-refractivity contribution in [2.75, 3.05) is 11.9 Å². The van der Waals surface area contributed by atoms with E-state index in [4.69, 9.17) is 4.74 Å². The first-order chi connectivity index (χ1) is 13.1. The maximum atomic E-state index is 12.7. The molecule has 0 saturated heterocycles. The molecule has 0 aliphatic rings. The van der Waals surface area contributed by atoms with Gasteiger partial charge in [-0.15, -0.1) is 0 Å². The van der Waals surface area contributed by atoms with Gasteiger partial charge in [-0.1, -0.05) is 12.1 Å². The van der Waals surface area contributed by atoms with Crippen LogP contribution >= 0.6 is 0 Å². The highest BCUT2D eigenvalue weighted by Gasteiger charge is 2.17. The van der Waals surface area contributed by atoms with Gasteiger partial charge in [0.05, 0.1) is 36.7 Å². The van der Waals surface area contributed by atoms with E-state index in [-0.39, 0.29) is 18.3 Å². The number of H-pyrrole nitrogens is 1. The Morgan fingerprint density at radius 3 is 2.85 bits per heavy atom. The van der Waals surface area contributed by atoms with Gasteiger partial charge in [0.1, 0.15) is 0 Å². The normalized spacial score (nSPS) is 10.6. The number of carbonyl (C=O) groups excluding carboxylic acids is 2. The molecule has 0 spiro atoms. The predicted molar refractivity (Wildman–Crippen MR) is 100 cm³/mol. The van der Waals surface area contributed by atoms with Crippen molar-refractivity contribution in [3.63, 3.8) is 0 Å². The fourth-order valence-electron chi connectivity index (χ4n) is 2.68. The molecule has 140 valence electrons. The van der Waals surface area contributed by atoms with E-state index in [1.165, 1.54) is 6.20 Å². The van der Waals surface area contributed by atoms with Gasteiger partial charge >= 0.3 is 5.97 Å². The SMILES string of the molecule is CCOC(=O)Cc1cccc(NC(=O)c2cn[nH]c2-c2cnn(CC)c2)c1. The van der Waals surface area contributed by atoms with Crippen LogP contribution in [0, 0.1) is 0 Å². The van der Waals surface area contributed by atoms with Crippen LogP contribution in [0.25, 0.3) is 11.3 Å². The van der Waals surface area contributed by atoms with Crippen molar-refractivity contribution in [1.82, 2.24) is 20.0 Å². The van der Waals surface area contributed by atoms with E-state index in [1.807, 2.05) is 19.2 Å². The van der Waals surface area contributed by atoms with Crippen LogP contribution in [-0.4, -0.2) is 38.5 Å². The molecule has 0 atom stereocenters. The summed E-state index contributed by atoms with van der Waals surface area (Å²) >= 11 is 0. The average molecular weight is 367 g/mol. The van der Waals surface area contributed by atoms with Crippen molar-refractivity contribution in [3.05, 3.63) is 54.0 Å². The molecular weight excluding hydrogens is 346 g/mol. The van der Waals surface area contributed by atoms with E-state index in [1.54, 1.807) is 36.0 Å². The van der Waals surface area contributed by atoms with Crippen molar-refractivity contribution < 1.29 is 14.3 Å². The van der Waals surface area contributed by atoms with E-state index in [0.717, 1.165) is 17.7 Å². The van der Waals surface area contributed by atoms with Crippen LogP contribution in [0.3, 0.4) is 0 Å². The first-order valence-electron chi connectivity index (χ1n) is 8.72. The van der Waals surface area contributed by atoms with Crippen LogP contribution < -0.4 is 5.32 Å². The number of hydrogen-bond donors (Lipinski definition) is 2. The lowest BCUT2D eigenvalue weighted by Gasteiger charge is -2.07. The number of rotatable bonds is 7. The zero-order valence-corrected chi connectivity index (χ0v) is 15.2. The Morgan fingerprint density at radius 1 is 1.26 bits per heavy atom. The minimum atomic E-state index is -0.300. The summed E-state index contributed by atoms with van der Waals surface area (Å²) in [6, 6.07) is 7.12. The lowest BCUT2D eigenvalue weighted by Crippen LogP contribution is -2.13. The fraction of sp³-hybridized carbons (Fsp3) is 0.263. The van der Waals surface area contributed by atoms with E-state index < -0.39 is 0 Å². The van der Waals surface area contributed by atoms with Gasteiger partial charge in [0.2, 0.25) is 0 Å². The maximum Gasteiger partial charge on any atom is 0.310 e. The number of amides is 1. The highest BCUT2D eigenvalue weighted by atomic mass is 16.5. The van der Waals surface area contributed by atoms with Crippen molar-refractivity contribution in [3.8, 4) is 11.3 Å². The van der Waals surface area contributed by atoms with Crippen LogP contribution in [0.15, 0.2) is 42.9 Å². The third-order valence-electron chi connectivity index (χ3n) is 3.97. The molecule has 8 nitrogen and oxygen atoms in total. The molecule has 0 aliphatic heterocycles. The second-order valence-electron chi connectivity index (χ2n) is 5.88. The van der Waals surface area contributed by atoms with Gasteiger partial charge in [-0.3, -0.25) is 19.4 Å². The Balaban J connectivity index is 1.75. The number of ether oxygens (including phenoxy) is 1. The second-order valence-corrected chi connectivity index (χ2v) is 5.88. The van der Waals surface area contributed by atoms with E-state index >= 15 is 0 Å². The maximum absolute atomic E-state index is 12.7. The van der Waals surface area contributed by atoms with E-state index in [2.05, 4.69) is 20.6 Å². The number of hydrogen-bond acceptors (Lipinski definition) is 5. The summed E-state index contributed by atoms with van der Waals surface area (Å²) in [5, 5.41) is 13.9. The lowest BCUT2D eigenvalue weighted by atomic mass is 10.1. The third-order valence-corrected chi connectivity index (χ3v) is 3.97. The zero-order valence-electron chi connectivity index (χ0n) is 15.2. The summed E-state index contributed by atoms with van der Waals surface area (Å²) in [6.07, 6.45) is 5.18. The molecule has 2 N–H and O–H groups in total. The van der Waals surface area contributed by atoms with Gasteiger partial charge in [-0.05, 0) is 31.5 Å². The molecule has 2 aromatic heterocycles. The van der Waals surface area contributed by atoms with Gasteiger partial charge < -0.3 is 10.1 Å². The number of aromatic nitrogens is 4. The topological polar surface area (TPSA) is 102 Å². The molecular formula is C19H21N5O3. The molecule has 3 rings (SSSR count). The molecule has 2 heterocycles. The minimum Gasteiger partial charge on any atom is -0.466 e. The molecule has 3 aromatic rings. The van der Waals surface area contributed by atoms with Crippen LogP contribution in [-0.2, 0) is 22.5 Å². The van der Waals surface area contributed by atoms with Crippen molar-refractivity contribution in [2.45, 2.75) is 26.8 Å². The number of aromatic amines is 1. The smallest absolute Gasteiger partial charge is 0.310 e. The zero-order chi connectivity index (χ0) is 19.2. The Bertz CT molecular complexity index is 944. The average Bonchev–Trinajstić information content (AvgIpc) is 3.31. The Hall–Kier alpha value is -3.42. The molecule has 1 aromatic carbocycles. The molecule has 0 radical (unpaired) electrons. The quantitative estimate of drug-likeness (QED) is 0.625. The van der Waals surface area contributed by atoms with Crippen molar-refractivity contribution in [1.29, 1.82) is 0 Å². The lowest BCUT2D eigenvalue weighted by molar-refractivity contribution is -0.142. The summed E-state index contributed by atoms with van der Waals surface area (Å²) in [7, 11) is 0. The second kappa shape index (κ2) is 8.31. The summed E-state index contributed by atoms with van der Waals surface area (Å²) in [5.41, 5.74) is 3.17. The standard InChI is InChI=1S/C19H21N5O3/c1-3-24-12-14(10-21-24)18-16(11-20-23-18)19(26)22-15-7-5-6-13(8-15)9-17(25)27-4-2/h5-8,10-12H,3-4,9H2,1-2H3,(H,20,23)(H,22,26). The monoisotopic (exact) mass is 367 g/mol. The third kappa shape index (κ3) is 4.41. The molecule has 0 unspecified atom stereocenters. The number of nitrogens with zero attached hydrogens (tertiary/aromatic N) is 3. The van der Waals surface area contributed by atoms with E-state index in [0.29, 0.717) is 23.6 Å². The van der Waals surface area contributed by atoms with Gasteiger partial charge in [-0.25, -0.2) is 0 Å². The van der Waals surface area contributed by atoms with Crippen LogP contribution in [0.1, 0.15) is 29.8 Å². The Labute approximate surface area is 156 Å². The van der Waals surface area contributed by atoms with Gasteiger partial charge in [0.25, 0.3) is 5.91 Å². The fourth-order valence-corrected chi connectivity index (χ4v) is 2.68. The summed E-state index contributed by atoms with van der Waals surface area (Å²) in [4.78, 5) is 24.3. The number of benzene rings is 1. The number of nitrogens with one attached hydrogen (secondary N) is 2. The molecule has 0 aliphatic carbocycles. The van der Waals surface area contributed by atoms with Gasteiger partial charge in [-0.2, -0.15) is 10.2 Å². The molecule has 0 fully saturated rings. The summed E-state index contributed by atoms with van der Waals surface area (Å²) in [6.45, 7) is 4.83. The molecule has 0 bridgehead atoms. The number of carbonyl (C=O) groups is 2. The van der Waals surface area contributed by atoms with Gasteiger partial charge in [0.15, 0.2) is 0 Å². The summed E-state index contributed by atoms with van der Waals surface area (Å²) in [5.74, 6) is -0.595.